The number of benzene rings is 6. The zero-order valence-electron chi connectivity index (χ0n) is 25.1. The molecule has 0 N–H and O–H groups in total. The Kier molecular flexibility index (Phi) is 6.25. The van der Waals surface area contributed by atoms with Crippen molar-refractivity contribution in [3.8, 4) is 39.3 Å². The SMILES string of the molecule is CC(C)(C)c1cc(-c2ccccc2)c(-n2c(-c3cccc4c3sc3ccccc34)nc3ccccc32)c(-c2ccccc2)c1. The van der Waals surface area contributed by atoms with Crippen LogP contribution in [0, 0.1) is 0 Å². The van der Waals surface area contributed by atoms with Crippen molar-refractivity contribution < 1.29 is 0 Å². The molecule has 0 spiro atoms. The summed E-state index contributed by atoms with van der Waals surface area (Å²) in [5, 5.41) is 2.57. The first kappa shape index (κ1) is 26.6. The largest absolute Gasteiger partial charge is 0.291 e. The fourth-order valence-electron chi connectivity index (χ4n) is 6.34. The van der Waals surface area contributed by atoms with Crippen LogP contribution in [0.1, 0.15) is 26.3 Å². The molecule has 0 aliphatic rings. The number of rotatable bonds is 4. The molecule has 3 heteroatoms. The summed E-state index contributed by atoms with van der Waals surface area (Å²) < 4.78 is 4.98. The van der Waals surface area contributed by atoms with Crippen molar-refractivity contribution in [3.05, 3.63) is 145 Å². The molecule has 2 heterocycles. The monoisotopic (exact) mass is 584 g/mol. The highest BCUT2D eigenvalue weighted by atomic mass is 32.1. The lowest BCUT2D eigenvalue weighted by molar-refractivity contribution is 0.590. The smallest absolute Gasteiger partial charge is 0.147 e. The number of hydrogen-bond acceptors (Lipinski definition) is 2. The van der Waals surface area contributed by atoms with E-state index >= 15 is 0 Å². The number of aromatic nitrogens is 2. The molecule has 212 valence electrons. The van der Waals surface area contributed by atoms with E-state index in [4.69, 9.17) is 4.98 Å². The fourth-order valence-corrected chi connectivity index (χ4v) is 7.55. The van der Waals surface area contributed by atoms with Crippen LogP contribution in [-0.4, -0.2) is 9.55 Å². The predicted molar refractivity (Wildman–Crippen MR) is 189 cm³/mol. The molecular formula is C41H32N2S. The first-order valence-electron chi connectivity index (χ1n) is 15.2. The molecule has 0 saturated heterocycles. The zero-order valence-corrected chi connectivity index (χ0v) is 25.9. The van der Waals surface area contributed by atoms with Gasteiger partial charge in [-0.3, -0.25) is 4.57 Å². The van der Waals surface area contributed by atoms with Crippen LogP contribution in [-0.2, 0) is 5.41 Å². The second-order valence-electron chi connectivity index (χ2n) is 12.4. The highest BCUT2D eigenvalue weighted by Gasteiger charge is 2.26. The van der Waals surface area contributed by atoms with Gasteiger partial charge in [0.15, 0.2) is 0 Å². The van der Waals surface area contributed by atoms with E-state index in [9.17, 15) is 0 Å². The van der Waals surface area contributed by atoms with E-state index in [0.717, 1.165) is 28.1 Å². The molecule has 0 bridgehead atoms. The van der Waals surface area contributed by atoms with E-state index in [1.165, 1.54) is 48.0 Å². The van der Waals surface area contributed by atoms with Crippen LogP contribution in [0.4, 0.5) is 0 Å². The summed E-state index contributed by atoms with van der Waals surface area (Å²) in [7, 11) is 0. The minimum absolute atomic E-state index is 0.0336. The van der Waals surface area contributed by atoms with Crippen molar-refractivity contribution in [1.82, 2.24) is 9.55 Å². The Labute approximate surface area is 261 Å². The van der Waals surface area contributed by atoms with Gasteiger partial charge >= 0.3 is 0 Å². The molecule has 0 saturated carbocycles. The third-order valence-electron chi connectivity index (χ3n) is 8.58. The van der Waals surface area contributed by atoms with Gasteiger partial charge in [-0.1, -0.05) is 124 Å². The van der Waals surface area contributed by atoms with E-state index in [1.807, 2.05) is 11.3 Å². The van der Waals surface area contributed by atoms with E-state index in [2.05, 4.69) is 165 Å². The number of imidazole rings is 1. The van der Waals surface area contributed by atoms with Crippen LogP contribution in [0.3, 0.4) is 0 Å². The molecule has 0 amide bonds. The first-order valence-corrected chi connectivity index (χ1v) is 16.0. The van der Waals surface area contributed by atoms with Gasteiger partial charge in [-0.15, -0.1) is 11.3 Å². The van der Waals surface area contributed by atoms with Gasteiger partial charge in [0, 0.05) is 36.9 Å². The van der Waals surface area contributed by atoms with Crippen molar-refractivity contribution in [3.63, 3.8) is 0 Å². The molecule has 8 rings (SSSR count). The lowest BCUT2D eigenvalue weighted by atomic mass is 9.82. The van der Waals surface area contributed by atoms with Gasteiger partial charge in [-0.2, -0.15) is 0 Å². The quantitative estimate of drug-likeness (QED) is 0.201. The molecule has 0 unspecified atom stereocenters. The predicted octanol–water partition coefficient (Wildman–Crippen LogP) is 11.7. The third-order valence-corrected chi connectivity index (χ3v) is 9.79. The lowest BCUT2D eigenvalue weighted by Gasteiger charge is -2.26. The molecule has 0 aliphatic carbocycles. The standard InChI is InChI=1S/C41H32N2S/c1-41(2,3)29-25-33(27-15-6-4-7-16-27)38(34(26-29)28-17-8-5-9-18-28)43-36-23-12-11-22-35(36)42-40(43)32-21-14-20-31-30-19-10-13-24-37(30)44-39(31)32/h4-26H,1-3H3. The Morgan fingerprint density at radius 2 is 1.16 bits per heavy atom. The molecule has 0 fully saturated rings. The maximum absolute atomic E-state index is 5.39. The van der Waals surface area contributed by atoms with Crippen LogP contribution in [0.5, 0.6) is 0 Å². The Hall–Kier alpha value is -4.99. The maximum Gasteiger partial charge on any atom is 0.147 e. The van der Waals surface area contributed by atoms with E-state index in [0.29, 0.717) is 0 Å². The second kappa shape index (κ2) is 10.3. The van der Waals surface area contributed by atoms with Crippen molar-refractivity contribution in [2.75, 3.05) is 0 Å². The van der Waals surface area contributed by atoms with Gasteiger partial charge in [0.2, 0.25) is 0 Å². The number of hydrogen-bond donors (Lipinski definition) is 0. The van der Waals surface area contributed by atoms with Crippen molar-refractivity contribution in [1.29, 1.82) is 0 Å². The zero-order chi connectivity index (χ0) is 29.8. The molecule has 0 radical (unpaired) electrons. The van der Waals surface area contributed by atoms with Crippen LogP contribution in [0.25, 0.3) is 70.5 Å². The summed E-state index contributed by atoms with van der Waals surface area (Å²) in [6.07, 6.45) is 0. The highest BCUT2D eigenvalue weighted by Crippen LogP contribution is 2.45. The molecule has 2 aromatic heterocycles. The first-order chi connectivity index (χ1) is 21.5. The Morgan fingerprint density at radius 1 is 0.568 bits per heavy atom. The fraction of sp³-hybridized carbons (Fsp3) is 0.0976. The minimum atomic E-state index is -0.0336. The molecule has 8 aromatic rings. The molecule has 2 nitrogen and oxygen atoms in total. The van der Waals surface area contributed by atoms with Crippen molar-refractivity contribution in [2.24, 2.45) is 0 Å². The minimum Gasteiger partial charge on any atom is -0.291 e. The van der Waals surface area contributed by atoms with Gasteiger partial charge in [-0.25, -0.2) is 4.98 Å². The summed E-state index contributed by atoms with van der Waals surface area (Å²) in [5.41, 5.74) is 10.4. The van der Waals surface area contributed by atoms with Crippen molar-refractivity contribution >= 4 is 42.5 Å². The number of para-hydroxylation sites is 2. The Balaban J connectivity index is 1.55. The van der Waals surface area contributed by atoms with Gasteiger partial charge < -0.3 is 0 Å². The number of nitrogens with zero attached hydrogens (tertiary/aromatic N) is 2. The molecule has 0 aliphatic heterocycles. The summed E-state index contributed by atoms with van der Waals surface area (Å²) in [6, 6.07) is 50.4. The highest BCUT2D eigenvalue weighted by molar-refractivity contribution is 7.26. The molecule has 44 heavy (non-hydrogen) atoms. The van der Waals surface area contributed by atoms with Crippen molar-refractivity contribution in [2.45, 2.75) is 26.2 Å². The van der Waals surface area contributed by atoms with Crippen LogP contribution in [0.2, 0.25) is 0 Å². The van der Waals surface area contributed by atoms with Crippen LogP contribution in [0.15, 0.2) is 140 Å². The summed E-state index contributed by atoms with van der Waals surface area (Å²) in [5.74, 6) is 0.959. The Morgan fingerprint density at radius 3 is 1.84 bits per heavy atom. The third kappa shape index (κ3) is 4.35. The number of fused-ring (bicyclic) bond motifs is 4. The molecule has 6 aromatic carbocycles. The van der Waals surface area contributed by atoms with Gasteiger partial charge in [0.1, 0.15) is 5.82 Å². The van der Waals surface area contributed by atoms with Crippen LogP contribution >= 0.6 is 11.3 Å². The molecular weight excluding hydrogens is 553 g/mol. The van der Waals surface area contributed by atoms with Gasteiger partial charge in [0.05, 0.1) is 16.7 Å². The normalized spacial score (nSPS) is 12.0. The average molecular weight is 585 g/mol. The summed E-state index contributed by atoms with van der Waals surface area (Å²) >= 11 is 1.85. The lowest BCUT2D eigenvalue weighted by Crippen LogP contribution is -2.13. The average Bonchev–Trinajstić information content (AvgIpc) is 3.63. The number of thiophene rings is 1. The van der Waals surface area contributed by atoms with E-state index in [1.54, 1.807) is 0 Å². The topological polar surface area (TPSA) is 17.8 Å². The van der Waals surface area contributed by atoms with E-state index < -0.39 is 0 Å². The Bertz CT molecular complexity index is 2240. The second-order valence-corrected chi connectivity index (χ2v) is 13.5. The summed E-state index contributed by atoms with van der Waals surface area (Å²) in [6.45, 7) is 6.89. The molecule has 0 atom stereocenters. The maximum atomic E-state index is 5.39. The van der Waals surface area contributed by atoms with Gasteiger partial charge in [0.25, 0.3) is 0 Å². The van der Waals surface area contributed by atoms with E-state index in [-0.39, 0.29) is 5.41 Å². The van der Waals surface area contributed by atoms with Gasteiger partial charge in [-0.05, 0) is 58.5 Å². The summed E-state index contributed by atoms with van der Waals surface area (Å²) in [4.78, 5) is 5.39. The van der Waals surface area contributed by atoms with Crippen LogP contribution < -0.4 is 0 Å².